The van der Waals surface area contributed by atoms with Crippen molar-refractivity contribution in [3.8, 4) is 0 Å². The molecule has 0 radical (unpaired) electrons. The van der Waals surface area contributed by atoms with Crippen molar-refractivity contribution in [2.24, 2.45) is 0 Å². The van der Waals surface area contributed by atoms with Crippen molar-refractivity contribution in [2.75, 3.05) is 0 Å². The average Bonchev–Trinajstić information content (AvgIpc) is 2.10. The first-order valence-electron chi connectivity index (χ1n) is 4.76. The fourth-order valence-corrected chi connectivity index (χ4v) is 2.06. The molecule has 0 saturated heterocycles. The summed E-state index contributed by atoms with van der Waals surface area (Å²) in [6.07, 6.45) is 0. The zero-order valence-electron chi connectivity index (χ0n) is 9.26. The molecule has 0 fully saturated rings. The van der Waals surface area contributed by atoms with Gasteiger partial charge in [0.2, 0.25) is 0 Å². The number of aromatic nitrogens is 1. The molecular formula is C11H14ClNO2. The smallest absolute Gasteiger partial charge is 0.356 e. The summed E-state index contributed by atoms with van der Waals surface area (Å²) >= 11 is 5.97. The molecule has 1 aromatic rings. The largest absolute Gasteiger partial charge is 0.476 e. The number of hydrogen-bond acceptors (Lipinski definition) is 2. The Balaban J connectivity index is 3.51. The highest BCUT2D eigenvalue weighted by atomic mass is 35.5. The Kier molecular flexibility index (Phi) is 3.35. The second kappa shape index (κ2) is 4.19. The summed E-state index contributed by atoms with van der Waals surface area (Å²) in [6.45, 7) is 7.71. The Morgan fingerprint density at radius 3 is 2.33 bits per heavy atom. The second-order valence-corrected chi connectivity index (χ2v) is 4.24. The van der Waals surface area contributed by atoms with E-state index >= 15 is 0 Å². The fraction of sp³-hybridized carbons (Fsp3) is 0.455. The third-order valence-electron chi connectivity index (χ3n) is 2.39. The standard InChI is InChI=1S/C11H14ClNO2/c1-5(2)8-6(3)9(12)10(11(14)15)13-7(8)4/h5H,1-4H3,(H,14,15). The number of halogens is 1. The van der Waals surface area contributed by atoms with E-state index in [0.29, 0.717) is 0 Å². The van der Waals surface area contributed by atoms with Gasteiger partial charge in [-0.15, -0.1) is 0 Å². The molecular weight excluding hydrogens is 214 g/mol. The Morgan fingerprint density at radius 2 is 1.93 bits per heavy atom. The lowest BCUT2D eigenvalue weighted by Gasteiger charge is -2.15. The van der Waals surface area contributed by atoms with Gasteiger partial charge in [0.25, 0.3) is 0 Å². The molecule has 4 heteroatoms. The highest BCUT2D eigenvalue weighted by molar-refractivity contribution is 6.34. The van der Waals surface area contributed by atoms with E-state index in [-0.39, 0.29) is 16.6 Å². The molecule has 0 aliphatic rings. The Bertz CT molecular complexity index is 414. The third-order valence-corrected chi connectivity index (χ3v) is 2.85. The molecule has 1 aromatic heterocycles. The van der Waals surface area contributed by atoms with Gasteiger partial charge in [0.15, 0.2) is 5.69 Å². The number of pyridine rings is 1. The molecule has 0 bridgehead atoms. The first-order chi connectivity index (χ1) is 6.86. The van der Waals surface area contributed by atoms with E-state index in [4.69, 9.17) is 16.7 Å². The van der Waals surface area contributed by atoms with Gasteiger partial charge in [-0.1, -0.05) is 25.4 Å². The molecule has 0 aromatic carbocycles. The van der Waals surface area contributed by atoms with Gasteiger partial charge in [-0.25, -0.2) is 9.78 Å². The van der Waals surface area contributed by atoms with E-state index in [2.05, 4.69) is 4.98 Å². The minimum Gasteiger partial charge on any atom is -0.476 e. The minimum absolute atomic E-state index is 0.0592. The number of hydrogen-bond donors (Lipinski definition) is 1. The zero-order chi connectivity index (χ0) is 11.7. The second-order valence-electron chi connectivity index (χ2n) is 3.86. The lowest BCUT2D eigenvalue weighted by atomic mass is 9.96. The summed E-state index contributed by atoms with van der Waals surface area (Å²) in [5.41, 5.74) is 2.53. The van der Waals surface area contributed by atoms with Crippen LogP contribution in [0.2, 0.25) is 5.02 Å². The topological polar surface area (TPSA) is 50.2 Å². The summed E-state index contributed by atoms with van der Waals surface area (Å²) in [5.74, 6) is -0.792. The maximum Gasteiger partial charge on any atom is 0.356 e. The molecule has 1 heterocycles. The maximum atomic E-state index is 10.9. The molecule has 1 N–H and O–H groups in total. The van der Waals surface area contributed by atoms with Gasteiger partial charge in [0, 0.05) is 5.69 Å². The summed E-state index contributed by atoms with van der Waals surface area (Å²) < 4.78 is 0. The molecule has 0 aliphatic carbocycles. The van der Waals surface area contributed by atoms with Gasteiger partial charge in [-0.05, 0) is 30.9 Å². The summed E-state index contributed by atoms with van der Waals surface area (Å²) in [4.78, 5) is 14.9. The SMILES string of the molecule is Cc1nc(C(=O)O)c(Cl)c(C)c1C(C)C. The zero-order valence-corrected chi connectivity index (χ0v) is 10.0. The Labute approximate surface area is 94.1 Å². The van der Waals surface area contributed by atoms with Crippen molar-refractivity contribution >= 4 is 17.6 Å². The summed E-state index contributed by atoms with van der Waals surface area (Å²) in [5, 5.41) is 9.14. The predicted octanol–water partition coefficient (Wildman–Crippen LogP) is 3.17. The highest BCUT2D eigenvalue weighted by Crippen LogP contribution is 2.29. The van der Waals surface area contributed by atoms with Crippen LogP contribution in [0.3, 0.4) is 0 Å². The van der Waals surface area contributed by atoms with Crippen LogP contribution >= 0.6 is 11.6 Å². The van der Waals surface area contributed by atoms with Crippen LogP contribution in [-0.2, 0) is 0 Å². The van der Waals surface area contributed by atoms with Crippen LogP contribution in [0.4, 0.5) is 0 Å². The van der Waals surface area contributed by atoms with Crippen LogP contribution in [0, 0.1) is 13.8 Å². The molecule has 82 valence electrons. The van der Waals surface area contributed by atoms with Crippen LogP contribution in [0.1, 0.15) is 47.1 Å². The molecule has 0 aliphatic heterocycles. The number of carboxylic acids is 1. The van der Waals surface area contributed by atoms with E-state index in [1.165, 1.54) is 0 Å². The van der Waals surface area contributed by atoms with Crippen molar-refractivity contribution in [1.82, 2.24) is 4.98 Å². The van der Waals surface area contributed by atoms with Gasteiger partial charge in [-0.2, -0.15) is 0 Å². The van der Waals surface area contributed by atoms with Crippen LogP contribution in [0.25, 0.3) is 0 Å². The number of carboxylic acid groups (broad SMARTS) is 1. The molecule has 3 nitrogen and oxygen atoms in total. The molecule has 0 unspecified atom stereocenters. The highest BCUT2D eigenvalue weighted by Gasteiger charge is 2.19. The van der Waals surface area contributed by atoms with Crippen molar-refractivity contribution in [2.45, 2.75) is 33.6 Å². The molecule has 0 spiro atoms. The number of aryl methyl sites for hydroxylation is 1. The molecule has 15 heavy (non-hydrogen) atoms. The first kappa shape index (κ1) is 12.0. The normalized spacial score (nSPS) is 10.8. The number of carbonyl (C=O) groups is 1. The lowest BCUT2D eigenvalue weighted by Crippen LogP contribution is -2.08. The molecule has 1 rings (SSSR count). The quantitative estimate of drug-likeness (QED) is 0.844. The van der Waals surface area contributed by atoms with Crippen molar-refractivity contribution in [3.63, 3.8) is 0 Å². The maximum absolute atomic E-state index is 10.9. The predicted molar refractivity (Wildman–Crippen MR) is 59.8 cm³/mol. The van der Waals surface area contributed by atoms with Crippen molar-refractivity contribution in [1.29, 1.82) is 0 Å². The van der Waals surface area contributed by atoms with Gasteiger partial charge >= 0.3 is 5.97 Å². The van der Waals surface area contributed by atoms with E-state index in [1.807, 2.05) is 27.7 Å². The first-order valence-corrected chi connectivity index (χ1v) is 5.14. The Morgan fingerprint density at radius 1 is 1.40 bits per heavy atom. The molecule has 0 saturated carbocycles. The minimum atomic E-state index is -1.08. The molecule has 0 atom stereocenters. The van der Waals surface area contributed by atoms with Gasteiger partial charge in [0.05, 0.1) is 5.02 Å². The van der Waals surface area contributed by atoms with Crippen LogP contribution in [-0.4, -0.2) is 16.1 Å². The van der Waals surface area contributed by atoms with Crippen molar-refractivity contribution < 1.29 is 9.90 Å². The van der Waals surface area contributed by atoms with Crippen LogP contribution in [0.5, 0.6) is 0 Å². The summed E-state index contributed by atoms with van der Waals surface area (Å²) in [7, 11) is 0. The van der Waals surface area contributed by atoms with Gasteiger partial charge < -0.3 is 5.11 Å². The van der Waals surface area contributed by atoms with Gasteiger partial charge in [0.1, 0.15) is 0 Å². The fourth-order valence-electron chi connectivity index (χ4n) is 1.84. The van der Waals surface area contributed by atoms with Crippen molar-refractivity contribution in [3.05, 3.63) is 27.5 Å². The summed E-state index contributed by atoms with van der Waals surface area (Å²) in [6, 6.07) is 0. The number of nitrogens with zero attached hydrogens (tertiary/aromatic N) is 1. The van der Waals surface area contributed by atoms with E-state index in [9.17, 15) is 4.79 Å². The van der Waals surface area contributed by atoms with Crippen LogP contribution < -0.4 is 0 Å². The van der Waals surface area contributed by atoms with E-state index < -0.39 is 5.97 Å². The lowest BCUT2D eigenvalue weighted by molar-refractivity contribution is 0.0690. The Hall–Kier alpha value is -1.09. The van der Waals surface area contributed by atoms with E-state index in [1.54, 1.807) is 0 Å². The van der Waals surface area contributed by atoms with Gasteiger partial charge in [-0.3, -0.25) is 0 Å². The van der Waals surface area contributed by atoms with Crippen LogP contribution in [0.15, 0.2) is 0 Å². The number of aromatic carboxylic acids is 1. The van der Waals surface area contributed by atoms with E-state index in [0.717, 1.165) is 16.8 Å². The average molecular weight is 228 g/mol. The number of rotatable bonds is 2. The third kappa shape index (κ3) is 2.12. The molecule has 0 amide bonds. The monoisotopic (exact) mass is 227 g/mol.